The fraction of sp³-hybridized carbons (Fsp3) is 0.385. The van der Waals surface area contributed by atoms with Crippen LogP contribution in [-0.4, -0.2) is 12.6 Å². The van der Waals surface area contributed by atoms with E-state index in [1.807, 2.05) is 0 Å². The summed E-state index contributed by atoms with van der Waals surface area (Å²) in [5.41, 5.74) is 21.7. The van der Waals surface area contributed by atoms with Crippen molar-refractivity contribution in [1.29, 1.82) is 0 Å². The van der Waals surface area contributed by atoms with E-state index in [9.17, 15) is 0 Å². The first kappa shape index (κ1) is 37.1. The van der Waals surface area contributed by atoms with Crippen molar-refractivity contribution in [3.63, 3.8) is 0 Å². The van der Waals surface area contributed by atoms with Crippen LogP contribution in [0.2, 0.25) is 0 Å². The zero-order valence-electron chi connectivity index (χ0n) is 34.2. The van der Waals surface area contributed by atoms with Crippen molar-refractivity contribution < 1.29 is 0 Å². The largest absolute Gasteiger partial charge is 0.312 e. The van der Waals surface area contributed by atoms with Crippen LogP contribution in [0.25, 0.3) is 22.3 Å². The quantitative estimate of drug-likeness (QED) is 0.189. The lowest BCUT2D eigenvalue weighted by Gasteiger charge is -2.42. The molecule has 6 atom stereocenters. The third-order valence-electron chi connectivity index (χ3n) is 13.7. The van der Waals surface area contributed by atoms with Gasteiger partial charge in [0.25, 0.3) is 0 Å². The molecule has 4 aromatic rings. The number of aryl methyl sites for hydroxylation is 3. The Hall–Kier alpha value is -4.20. The second kappa shape index (κ2) is 14.6. The Morgan fingerprint density at radius 1 is 0.604 bits per heavy atom. The molecular weight excluding hydrogens is 639 g/mol. The Morgan fingerprint density at radius 2 is 1.13 bits per heavy atom. The summed E-state index contributed by atoms with van der Waals surface area (Å²) in [7, 11) is 0. The Kier molecular flexibility index (Phi) is 10.2. The summed E-state index contributed by atoms with van der Waals surface area (Å²) in [6.45, 7) is 26.5. The maximum atomic E-state index is 4.03. The summed E-state index contributed by atoms with van der Waals surface area (Å²) in [5, 5.41) is 4.03. The smallest absolute Gasteiger partial charge is 0.0604 e. The van der Waals surface area contributed by atoms with Gasteiger partial charge in [0.2, 0.25) is 0 Å². The van der Waals surface area contributed by atoms with E-state index in [2.05, 4.69) is 179 Å². The Labute approximate surface area is 321 Å². The van der Waals surface area contributed by atoms with E-state index in [1.54, 1.807) is 0 Å². The van der Waals surface area contributed by atoms with Crippen molar-refractivity contribution in [3.8, 4) is 11.1 Å². The predicted molar refractivity (Wildman–Crippen MR) is 229 cm³/mol. The van der Waals surface area contributed by atoms with Gasteiger partial charge >= 0.3 is 0 Å². The molecular formula is C52H61N. The van der Waals surface area contributed by atoms with Crippen LogP contribution in [0, 0.1) is 44.4 Å². The maximum absolute atomic E-state index is 4.03. The van der Waals surface area contributed by atoms with E-state index in [1.165, 1.54) is 95.5 Å². The fourth-order valence-corrected chi connectivity index (χ4v) is 10.6. The van der Waals surface area contributed by atoms with Gasteiger partial charge in [0.1, 0.15) is 0 Å². The highest BCUT2D eigenvalue weighted by atomic mass is 15.0. The van der Waals surface area contributed by atoms with Crippen LogP contribution in [0.5, 0.6) is 0 Å². The van der Waals surface area contributed by atoms with Crippen molar-refractivity contribution in [2.24, 2.45) is 23.7 Å². The van der Waals surface area contributed by atoms with Gasteiger partial charge in [0, 0.05) is 6.04 Å². The molecule has 0 saturated carbocycles. The van der Waals surface area contributed by atoms with Crippen molar-refractivity contribution in [2.45, 2.75) is 100 Å². The summed E-state index contributed by atoms with van der Waals surface area (Å²) in [4.78, 5) is 0. The molecule has 274 valence electrons. The zero-order chi connectivity index (χ0) is 37.8. The Bertz CT molecular complexity index is 2100. The summed E-state index contributed by atoms with van der Waals surface area (Å²) in [6, 6.07) is 34.0. The Morgan fingerprint density at radius 3 is 1.66 bits per heavy atom. The van der Waals surface area contributed by atoms with Crippen LogP contribution >= 0.6 is 0 Å². The molecule has 4 aromatic carbocycles. The molecule has 0 aromatic heterocycles. The van der Waals surface area contributed by atoms with Crippen LogP contribution in [0.4, 0.5) is 0 Å². The van der Waals surface area contributed by atoms with Gasteiger partial charge in [-0.1, -0.05) is 141 Å². The van der Waals surface area contributed by atoms with Crippen LogP contribution in [-0.2, 0) is 5.41 Å². The molecule has 1 N–H and O–H groups in total. The molecule has 3 aliphatic rings. The van der Waals surface area contributed by atoms with Crippen molar-refractivity contribution in [2.75, 3.05) is 6.54 Å². The number of nitrogens with one attached hydrogen (secondary N) is 1. The average molecular weight is 700 g/mol. The minimum Gasteiger partial charge on any atom is -0.312 e. The minimum absolute atomic E-state index is 0.270. The van der Waals surface area contributed by atoms with Gasteiger partial charge in [-0.25, -0.2) is 0 Å². The second-order valence-electron chi connectivity index (χ2n) is 17.1. The molecule has 1 heteroatoms. The van der Waals surface area contributed by atoms with Gasteiger partial charge in [-0.15, -0.1) is 0 Å². The predicted octanol–water partition coefficient (Wildman–Crippen LogP) is 13.4. The second-order valence-corrected chi connectivity index (χ2v) is 17.1. The monoisotopic (exact) mass is 699 g/mol. The van der Waals surface area contributed by atoms with Gasteiger partial charge in [0.15, 0.2) is 0 Å². The molecule has 1 aliphatic heterocycles. The van der Waals surface area contributed by atoms with Gasteiger partial charge in [-0.3, -0.25) is 0 Å². The summed E-state index contributed by atoms with van der Waals surface area (Å²) < 4.78 is 0. The number of hydrogen-bond acceptors (Lipinski definition) is 1. The zero-order valence-corrected chi connectivity index (χ0v) is 34.2. The molecule has 1 heterocycles. The fourth-order valence-electron chi connectivity index (χ4n) is 10.6. The Balaban J connectivity index is 1.41. The minimum atomic E-state index is -0.364. The lowest BCUT2D eigenvalue weighted by atomic mass is 9.63. The number of benzene rings is 4. The molecule has 2 aliphatic carbocycles. The normalized spacial score (nSPS) is 24.6. The molecule has 0 spiro atoms. The van der Waals surface area contributed by atoms with Crippen LogP contribution in [0.1, 0.15) is 113 Å². The van der Waals surface area contributed by atoms with E-state index in [0.717, 1.165) is 13.0 Å². The average Bonchev–Trinajstić information content (AvgIpc) is 3.67. The standard InChI is InChI=1S/C52H61N/c1-31-27-34(4)49(35(5)28-31)42-14-20-45(21-15-42)52(48-13-12-26-53-48,46-22-16-43(17-23-46)50-36(6)29-32(2)38(8)40(50)10)47-24-18-44(19-25-47)51-37(7)30-33(3)39(9)41(51)11/h14-25,27-30,32,38-39,41,48,53H,12-13,26H2,1-11H3/t32?,38?,39?,41?,48-,52?/m0/s1. The molecule has 7 rings (SSSR count). The van der Waals surface area contributed by atoms with Crippen LogP contribution in [0.3, 0.4) is 0 Å². The van der Waals surface area contributed by atoms with Gasteiger partial charge in [-0.2, -0.15) is 0 Å². The molecule has 1 fully saturated rings. The molecule has 0 amide bonds. The van der Waals surface area contributed by atoms with E-state index in [-0.39, 0.29) is 11.5 Å². The maximum Gasteiger partial charge on any atom is 0.0604 e. The van der Waals surface area contributed by atoms with Gasteiger partial charge in [-0.05, 0) is 164 Å². The molecule has 5 unspecified atom stereocenters. The van der Waals surface area contributed by atoms with E-state index in [0.29, 0.717) is 23.7 Å². The number of allylic oxidation sites excluding steroid dienone is 8. The topological polar surface area (TPSA) is 12.0 Å². The van der Waals surface area contributed by atoms with Crippen molar-refractivity contribution in [1.82, 2.24) is 5.32 Å². The molecule has 0 radical (unpaired) electrons. The first-order chi connectivity index (χ1) is 25.3. The molecule has 0 bridgehead atoms. The third kappa shape index (κ3) is 6.44. The third-order valence-corrected chi connectivity index (χ3v) is 13.7. The summed E-state index contributed by atoms with van der Waals surface area (Å²) in [5.74, 6) is 2.14. The number of hydrogen-bond donors (Lipinski definition) is 1. The summed E-state index contributed by atoms with van der Waals surface area (Å²) in [6.07, 6.45) is 7.19. The van der Waals surface area contributed by atoms with Crippen molar-refractivity contribution in [3.05, 3.63) is 164 Å². The lowest BCUT2D eigenvalue weighted by Crippen LogP contribution is -2.47. The SMILES string of the molecule is CC1=CC(C)C(C)C(C)=C1c1ccc(C(c2ccc(C3=C(C)C=C(C)C(C)C3C)cc2)(c2ccc(-c3c(C)cc(C)cc3C)cc2)[C@@H]2CCCN2)cc1. The first-order valence-corrected chi connectivity index (χ1v) is 20.2. The van der Waals surface area contributed by atoms with Crippen molar-refractivity contribution >= 4 is 11.1 Å². The van der Waals surface area contributed by atoms with Crippen LogP contribution in [0.15, 0.2) is 119 Å². The molecule has 53 heavy (non-hydrogen) atoms. The highest BCUT2D eigenvalue weighted by Gasteiger charge is 2.45. The van der Waals surface area contributed by atoms with E-state index < -0.39 is 0 Å². The van der Waals surface area contributed by atoms with Gasteiger partial charge in [0.05, 0.1) is 5.41 Å². The van der Waals surface area contributed by atoms with Gasteiger partial charge < -0.3 is 5.32 Å². The van der Waals surface area contributed by atoms with Crippen LogP contribution < -0.4 is 5.32 Å². The number of rotatable bonds is 7. The first-order valence-electron chi connectivity index (χ1n) is 20.2. The summed E-state index contributed by atoms with van der Waals surface area (Å²) >= 11 is 0. The molecule has 1 nitrogen and oxygen atoms in total. The molecule has 1 saturated heterocycles. The highest BCUT2D eigenvalue weighted by Crippen LogP contribution is 2.48. The van der Waals surface area contributed by atoms with E-state index >= 15 is 0 Å². The van der Waals surface area contributed by atoms with E-state index in [4.69, 9.17) is 0 Å². The highest BCUT2D eigenvalue weighted by molar-refractivity contribution is 5.82. The lowest BCUT2D eigenvalue weighted by molar-refractivity contribution is 0.435.